The molecule has 4 aromatic rings. The van der Waals surface area contributed by atoms with Gasteiger partial charge in [0, 0.05) is 66.9 Å². The first kappa shape index (κ1) is 24.5. The van der Waals surface area contributed by atoms with Gasteiger partial charge < -0.3 is 20.4 Å². The van der Waals surface area contributed by atoms with Gasteiger partial charge >= 0.3 is 0 Å². The number of fused-ring (bicyclic) bond motifs is 1. The third-order valence-electron chi connectivity index (χ3n) is 7.04. The SMILES string of the molecule is CC(NCCN1CCOCC1)c1cc(Nc2ccc(CCCc3c[nH]c4ccccc34)cc2)ccn1. The van der Waals surface area contributed by atoms with Crippen LogP contribution in [0, 0.1) is 0 Å². The number of nitrogens with zero attached hydrogens (tertiary/aromatic N) is 2. The van der Waals surface area contributed by atoms with Crippen molar-refractivity contribution in [3.05, 3.63) is 89.9 Å². The fourth-order valence-electron chi connectivity index (χ4n) is 4.87. The number of anilines is 2. The van der Waals surface area contributed by atoms with Crippen LogP contribution in [0.25, 0.3) is 10.9 Å². The predicted molar refractivity (Wildman–Crippen MR) is 148 cm³/mol. The Balaban J connectivity index is 1.09. The lowest BCUT2D eigenvalue weighted by atomic mass is 10.0. The summed E-state index contributed by atoms with van der Waals surface area (Å²) in [5.74, 6) is 0. The van der Waals surface area contributed by atoms with Crippen LogP contribution in [-0.2, 0) is 17.6 Å². The highest BCUT2D eigenvalue weighted by Gasteiger charge is 2.12. The molecule has 1 unspecified atom stereocenters. The second-order valence-corrected chi connectivity index (χ2v) is 9.63. The van der Waals surface area contributed by atoms with Gasteiger partial charge in [0.25, 0.3) is 0 Å². The molecule has 0 spiro atoms. The Morgan fingerprint density at radius 2 is 1.83 bits per heavy atom. The molecule has 0 saturated carbocycles. The van der Waals surface area contributed by atoms with Crippen molar-refractivity contribution in [2.75, 3.05) is 44.7 Å². The Morgan fingerprint density at radius 1 is 1.00 bits per heavy atom. The summed E-state index contributed by atoms with van der Waals surface area (Å²) in [6.07, 6.45) is 7.34. The molecule has 2 aromatic carbocycles. The van der Waals surface area contributed by atoms with Crippen molar-refractivity contribution >= 4 is 22.3 Å². The summed E-state index contributed by atoms with van der Waals surface area (Å²) >= 11 is 0. The van der Waals surface area contributed by atoms with Crippen LogP contribution in [0.3, 0.4) is 0 Å². The highest BCUT2D eigenvalue weighted by atomic mass is 16.5. The van der Waals surface area contributed by atoms with Gasteiger partial charge in [-0.25, -0.2) is 0 Å². The first-order valence-corrected chi connectivity index (χ1v) is 13.1. The van der Waals surface area contributed by atoms with Gasteiger partial charge in [0.05, 0.1) is 18.9 Å². The minimum Gasteiger partial charge on any atom is -0.379 e. The molecular formula is C30H37N5O. The Morgan fingerprint density at radius 3 is 2.69 bits per heavy atom. The first-order chi connectivity index (χ1) is 17.7. The Labute approximate surface area is 214 Å². The quantitative estimate of drug-likeness (QED) is 0.264. The van der Waals surface area contributed by atoms with E-state index in [0.29, 0.717) is 0 Å². The van der Waals surface area contributed by atoms with Crippen LogP contribution in [0.5, 0.6) is 0 Å². The summed E-state index contributed by atoms with van der Waals surface area (Å²) < 4.78 is 5.43. The van der Waals surface area contributed by atoms with Gasteiger partial charge in [0.1, 0.15) is 0 Å². The van der Waals surface area contributed by atoms with Gasteiger partial charge in [-0.15, -0.1) is 0 Å². The normalized spacial score (nSPS) is 15.2. The average Bonchev–Trinajstić information content (AvgIpc) is 3.33. The number of para-hydroxylation sites is 1. The molecule has 0 radical (unpaired) electrons. The number of ether oxygens (including phenoxy) is 1. The molecule has 2 aromatic heterocycles. The van der Waals surface area contributed by atoms with Crippen molar-refractivity contribution in [3.63, 3.8) is 0 Å². The highest BCUT2D eigenvalue weighted by molar-refractivity contribution is 5.83. The lowest BCUT2D eigenvalue weighted by Gasteiger charge is -2.27. The van der Waals surface area contributed by atoms with Crippen LogP contribution in [0.15, 0.2) is 73.1 Å². The third kappa shape index (κ3) is 6.52. The van der Waals surface area contributed by atoms with Gasteiger partial charge in [-0.3, -0.25) is 9.88 Å². The molecule has 0 aliphatic carbocycles. The molecule has 1 saturated heterocycles. The molecular weight excluding hydrogens is 446 g/mol. The van der Waals surface area contributed by atoms with Gasteiger partial charge in [-0.05, 0) is 67.6 Å². The number of hydrogen-bond acceptors (Lipinski definition) is 5. The van der Waals surface area contributed by atoms with E-state index in [-0.39, 0.29) is 6.04 Å². The van der Waals surface area contributed by atoms with E-state index in [1.54, 1.807) is 0 Å². The maximum atomic E-state index is 5.43. The standard InChI is InChI=1S/C30H37N5O/c1-23(31-15-16-35-17-19-36-20-18-35)30-21-27(13-14-32-30)34-26-11-9-24(10-12-26)5-4-6-25-22-33-29-8-3-2-7-28(25)29/h2-3,7-14,21-23,31,33H,4-6,15-20H2,1H3,(H,32,34). The van der Waals surface area contributed by atoms with E-state index in [1.165, 1.54) is 22.0 Å². The Kier molecular flexibility index (Phi) is 8.28. The van der Waals surface area contributed by atoms with Crippen LogP contribution in [0.2, 0.25) is 0 Å². The largest absolute Gasteiger partial charge is 0.379 e. The molecule has 1 fully saturated rings. The number of benzene rings is 2. The van der Waals surface area contributed by atoms with Crippen LogP contribution >= 0.6 is 0 Å². The average molecular weight is 484 g/mol. The number of aromatic nitrogens is 2. The van der Waals surface area contributed by atoms with Crippen molar-refractivity contribution in [2.24, 2.45) is 0 Å². The molecule has 3 N–H and O–H groups in total. The summed E-state index contributed by atoms with van der Waals surface area (Å²) in [7, 11) is 0. The number of aromatic amines is 1. The lowest BCUT2D eigenvalue weighted by molar-refractivity contribution is 0.0382. The van der Waals surface area contributed by atoms with Crippen molar-refractivity contribution in [3.8, 4) is 0 Å². The summed E-state index contributed by atoms with van der Waals surface area (Å²) in [6, 6.07) is 21.7. The zero-order chi connectivity index (χ0) is 24.6. The summed E-state index contributed by atoms with van der Waals surface area (Å²) in [6.45, 7) is 7.90. The highest BCUT2D eigenvalue weighted by Crippen LogP contribution is 2.22. The molecule has 36 heavy (non-hydrogen) atoms. The van der Waals surface area contributed by atoms with Crippen LogP contribution in [-0.4, -0.2) is 54.3 Å². The van der Waals surface area contributed by atoms with Crippen molar-refractivity contribution in [1.82, 2.24) is 20.2 Å². The Bertz CT molecular complexity index is 1230. The van der Waals surface area contributed by atoms with E-state index in [4.69, 9.17) is 4.74 Å². The van der Waals surface area contributed by atoms with E-state index in [0.717, 1.165) is 75.7 Å². The topological polar surface area (TPSA) is 65.2 Å². The molecule has 3 heterocycles. The Hall–Kier alpha value is -3.19. The number of hydrogen-bond donors (Lipinski definition) is 3. The van der Waals surface area contributed by atoms with Crippen molar-refractivity contribution in [2.45, 2.75) is 32.2 Å². The van der Waals surface area contributed by atoms with E-state index in [9.17, 15) is 0 Å². The molecule has 0 bridgehead atoms. The van der Waals surface area contributed by atoms with Crippen molar-refractivity contribution < 1.29 is 4.74 Å². The van der Waals surface area contributed by atoms with Gasteiger partial charge in [0.2, 0.25) is 0 Å². The minimum absolute atomic E-state index is 0.201. The van der Waals surface area contributed by atoms with E-state index in [1.807, 2.05) is 12.3 Å². The van der Waals surface area contributed by atoms with Gasteiger partial charge in [-0.2, -0.15) is 0 Å². The number of rotatable bonds is 11. The van der Waals surface area contributed by atoms with Crippen LogP contribution in [0.1, 0.15) is 36.2 Å². The maximum absolute atomic E-state index is 5.43. The smallest absolute Gasteiger partial charge is 0.0594 e. The van der Waals surface area contributed by atoms with Crippen LogP contribution in [0.4, 0.5) is 11.4 Å². The molecule has 1 aliphatic heterocycles. The monoisotopic (exact) mass is 483 g/mol. The lowest BCUT2D eigenvalue weighted by Crippen LogP contribution is -2.40. The number of H-pyrrole nitrogens is 1. The summed E-state index contributed by atoms with van der Waals surface area (Å²) in [5, 5.41) is 8.49. The fraction of sp³-hybridized carbons (Fsp3) is 0.367. The van der Waals surface area contributed by atoms with Crippen molar-refractivity contribution in [1.29, 1.82) is 0 Å². The summed E-state index contributed by atoms with van der Waals surface area (Å²) in [5.41, 5.74) is 7.21. The van der Waals surface area contributed by atoms with Crippen LogP contribution < -0.4 is 10.6 Å². The first-order valence-electron chi connectivity index (χ1n) is 13.1. The molecule has 0 amide bonds. The number of pyridine rings is 1. The van der Waals surface area contributed by atoms with Gasteiger partial charge in [0.15, 0.2) is 0 Å². The number of nitrogens with one attached hydrogen (secondary N) is 3. The minimum atomic E-state index is 0.201. The van der Waals surface area contributed by atoms with E-state index < -0.39 is 0 Å². The molecule has 6 nitrogen and oxygen atoms in total. The van der Waals surface area contributed by atoms with E-state index >= 15 is 0 Å². The fourth-order valence-corrected chi connectivity index (χ4v) is 4.87. The summed E-state index contributed by atoms with van der Waals surface area (Å²) in [4.78, 5) is 10.4. The maximum Gasteiger partial charge on any atom is 0.0594 e. The predicted octanol–water partition coefficient (Wildman–Crippen LogP) is 5.46. The molecule has 5 rings (SSSR count). The van der Waals surface area contributed by atoms with E-state index in [2.05, 4.69) is 93.2 Å². The molecule has 6 heteroatoms. The third-order valence-corrected chi connectivity index (χ3v) is 7.04. The molecule has 1 aliphatic rings. The second-order valence-electron chi connectivity index (χ2n) is 9.63. The number of morpholine rings is 1. The zero-order valence-electron chi connectivity index (χ0n) is 21.2. The number of aryl methyl sites for hydroxylation is 2. The zero-order valence-corrected chi connectivity index (χ0v) is 21.2. The molecule has 188 valence electrons. The molecule has 1 atom stereocenters. The van der Waals surface area contributed by atoms with Gasteiger partial charge in [-0.1, -0.05) is 30.3 Å². The second kappa shape index (κ2) is 12.2.